The topological polar surface area (TPSA) is 61.8 Å². The molecular weight excluding hydrogens is 464 g/mol. The predicted octanol–water partition coefficient (Wildman–Crippen LogP) is 7.12. The van der Waals surface area contributed by atoms with Gasteiger partial charge >= 0.3 is 11.9 Å². The van der Waals surface area contributed by atoms with E-state index in [1.165, 1.54) is 0 Å². The maximum atomic E-state index is 12.7. The van der Waals surface area contributed by atoms with E-state index < -0.39 is 11.9 Å². The molecule has 0 aromatic heterocycles. The molecule has 0 aliphatic heterocycles. The molecule has 4 aromatic rings. The molecule has 0 aliphatic rings. The van der Waals surface area contributed by atoms with E-state index in [9.17, 15) is 9.59 Å². The number of hydrogen-bond acceptors (Lipinski definition) is 5. The number of fused-ring (bicyclic) bond motifs is 1. The Morgan fingerprint density at radius 2 is 1.35 bits per heavy atom. The summed E-state index contributed by atoms with van der Waals surface area (Å²) in [6.07, 6.45) is 3.25. The van der Waals surface area contributed by atoms with Gasteiger partial charge in [-0.25, -0.2) is 4.79 Å². The average Bonchev–Trinajstić information content (AvgIpc) is 2.94. The van der Waals surface area contributed by atoms with Crippen LogP contribution in [0.2, 0.25) is 0 Å². The molecular formula is C32H28O5. The Balaban J connectivity index is 1.42. The number of carbonyl (C=O) groups is 2. The van der Waals surface area contributed by atoms with Crippen LogP contribution in [0.5, 0.6) is 11.5 Å². The first kappa shape index (κ1) is 25.5. The van der Waals surface area contributed by atoms with Crippen molar-refractivity contribution < 1.29 is 23.8 Å². The lowest BCUT2D eigenvalue weighted by Crippen LogP contribution is -2.13. The molecule has 5 nitrogen and oxygen atoms in total. The fourth-order valence-corrected chi connectivity index (χ4v) is 3.84. The summed E-state index contributed by atoms with van der Waals surface area (Å²) in [6, 6.07) is 26.2. The van der Waals surface area contributed by atoms with Gasteiger partial charge in [-0.2, -0.15) is 0 Å². The SMILES string of the molecule is C=CCOC(=O)[C@@H](C)c1ccc2cc(OC(=O)c3ccc(-c4ccc(OCC=C)cc4)cc3)ccc2c1. The van der Waals surface area contributed by atoms with Crippen molar-refractivity contribution in [3.8, 4) is 22.6 Å². The quantitative estimate of drug-likeness (QED) is 0.134. The van der Waals surface area contributed by atoms with Gasteiger partial charge in [0.1, 0.15) is 24.7 Å². The summed E-state index contributed by atoms with van der Waals surface area (Å²) in [7, 11) is 0. The van der Waals surface area contributed by atoms with Gasteiger partial charge < -0.3 is 14.2 Å². The highest BCUT2D eigenvalue weighted by Crippen LogP contribution is 2.27. The van der Waals surface area contributed by atoms with Gasteiger partial charge in [0.2, 0.25) is 0 Å². The molecule has 0 saturated heterocycles. The van der Waals surface area contributed by atoms with Crippen LogP contribution in [0.3, 0.4) is 0 Å². The molecule has 0 unspecified atom stereocenters. The van der Waals surface area contributed by atoms with E-state index in [1.807, 2.05) is 73.7 Å². The monoisotopic (exact) mass is 492 g/mol. The second kappa shape index (κ2) is 11.9. The smallest absolute Gasteiger partial charge is 0.343 e. The second-order valence-electron chi connectivity index (χ2n) is 8.50. The highest BCUT2D eigenvalue weighted by atomic mass is 16.5. The highest BCUT2D eigenvalue weighted by Gasteiger charge is 2.17. The third kappa shape index (κ3) is 6.33. The molecule has 0 fully saturated rings. The van der Waals surface area contributed by atoms with Gasteiger partial charge in [0.15, 0.2) is 0 Å². The minimum absolute atomic E-state index is 0.188. The summed E-state index contributed by atoms with van der Waals surface area (Å²) < 4.78 is 16.3. The van der Waals surface area contributed by atoms with Gasteiger partial charge in [0, 0.05) is 0 Å². The van der Waals surface area contributed by atoms with Crippen LogP contribution in [0.1, 0.15) is 28.8 Å². The third-order valence-electron chi connectivity index (χ3n) is 5.92. The fraction of sp³-hybridized carbons (Fsp3) is 0.125. The van der Waals surface area contributed by atoms with Crippen LogP contribution in [-0.2, 0) is 9.53 Å². The molecule has 0 N–H and O–H groups in total. The van der Waals surface area contributed by atoms with Crippen molar-refractivity contribution in [2.24, 2.45) is 0 Å². The van der Waals surface area contributed by atoms with Crippen molar-refractivity contribution in [3.05, 3.63) is 121 Å². The molecule has 5 heteroatoms. The molecule has 0 amide bonds. The van der Waals surface area contributed by atoms with Crippen molar-refractivity contribution in [3.63, 3.8) is 0 Å². The average molecular weight is 493 g/mol. The molecule has 4 aromatic carbocycles. The summed E-state index contributed by atoms with van der Waals surface area (Å²) >= 11 is 0. The maximum absolute atomic E-state index is 12.7. The number of esters is 2. The van der Waals surface area contributed by atoms with E-state index in [-0.39, 0.29) is 12.6 Å². The van der Waals surface area contributed by atoms with Gasteiger partial charge in [0.05, 0.1) is 11.5 Å². The lowest BCUT2D eigenvalue weighted by Gasteiger charge is -2.12. The van der Waals surface area contributed by atoms with Crippen molar-refractivity contribution in [2.45, 2.75) is 12.8 Å². The zero-order chi connectivity index (χ0) is 26.2. The summed E-state index contributed by atoms with van der Waals surface area (Å²) in [5.41, 5.74) is 3.31. The Bertz CT molecular complexity index is 1420. The van der Waals surface area contributed by atoms with E-state index in [2.05, 4.69) is 13.2 Å². The molecule has 37 heavy (non-hydrogen) atoms. The van der Waals surface area contributed by atoms with Gasteiger partial charge in [-0.1, -0.05) is 73.8 Å². The van der Waals surface area contributed by atoms with Crippen molar-refractivity contribution in [1.82, 2.24) is 0 Å². The molecule has 186 valence electrons. The second-order valence-corrected chi connectivity index (χ2v) is 8.50. The minimum atomic E-state index is -0.436. The van der Waals surface area contributed by atoms with Crippen LogP contribution in [-0.4, -0.2) is 25.2 Å². The number of benzene rings is 4. The van der Waals surface area contributed by atoms with E-state index >= 15 is 0 Å². The van der Waals surface area contributed by atoms with E-state index in [0.29, 0.717) is 17.9 Å². The fourth-order valence-electron chi connectivity index (χ4n) is 3.84. The molecule has 0 spiro atoms. The predicted molar refractivity (Wildman–Crippen MR) is 146 cm³/mol. The molecule has 4 rings (SSSR count). The van der Waals surface area contributed by atoms with E-state index in [4.69, 9.17) is 14.2 Å². The van der Waals surface area contributed by atoms with Gasteiger partial charge in [-0.15, -0.1) is 0 Å². The molecule has 0 heterocycles. The Kier molecular flexibility index (Phi) is 8.16. The first-order chi connectivity index (χ1) is 18.0. The molecule has 0 aliphatic carbocycles. The number of rotatable bonds is 10. The summed E-state index contributed by atoms with van der Waals surface area (Å²) in [6.45, 7) is 9.66. The van der Waals surface area contributed by atoms with Crippen LogP contribution < -0.4 is 9.47 Å². The normalized spacial score (nSPS) is 11.4. The third-order valence-corrected chi connectivity index (χ3v) is 5.92. The largest absolute Gasteiger partial charge is 0.490 e. The first-order valence-electron chi connectivity index (χ1n) is 12.0. The summed E-state index contributed by atoms with van der Waals surface area (Å²) in [4.78, 5) is 24.9. The van der Waals surface area contributed by atoms with Crippen LogP contribution in [0.4, 0.5) is 0 Å². The molecule has 1 atom stereocenters. The Morgan fingerprint density at radius 3 is 2.03 bits per heavy atom. The van der Waals surface area contributed by atoms with Crippen LogP contribution in [0.15, 0.2) is 110 Å². The molecule has 0 bridgehead atoms. The number of hydrogen-bond donors (Lipinski definition) is 0. The standard InChI is InChI=1S/C32H28O5/c1-4-18-35-29-15-12-24(13-16-29)23-6-8-25(9-7-23)32(34)37-30-17-14-27-20-26(10-11-28(27)21-30)22(3)31(33)36-19-5-2/h4-17,20-22H,1-2,18-19H2,3H3/t22-/m0/s1. The first-order valence-corrected chi connectivity index (χ1v) is 12.0. The van der Waals surface area contributed by atoms with Gasteiger partial charge in [-0.05, 0) is 70.8 Å². The van der Waals surface area contributed by atoms with Crippen molar-refractivity contribution in [1.29, 1.82) is 0 Å². The van der Waals surface area contributed by atoms with Crippen LogP contribution in [0, 0.1) is 0 Å². The summed E-state index contributed by atoms with van der Waals surface area (Å²) in [5, 5.41) is 1.84. The molecule has 0 saturated carbocycles. The highest BCUT2D eigenvalue weighted by molar-refractivity contribution is 5.93. The van der Waals surface area contributed by atoms with Crippen molar-refractivity contribution in [2.75, 3.05) is 13.2 Å². The van der Waals surface area contributed by atoms with Gasteiger partial charge in [0.25, 0.3) is 0 Å². The van der Waals surface area contributed by atoms with Crippen LogP contribution in [0.25, 0.3) is 21.9 Å². The zero-order valence-corrected chi connectivity index (χ0v) is 20.7. The Labute approximate surface area is 216 Å². The lowest BCUT2D eigenvalue weighted by atomic mass is 9.98. The lowest BCUT2D eigenvalue weighted by molar-refractivity contribution is -0.143. The van der Waals surface area contributed by atoms with E-state index in [1.54, 1.807) is 30.4 Å². The molecule has 0 radical (unpaired) electrons. The maximum Gasteiger partial charge on any atom is 0.343 e. The Hall–Kier alpha value is -4.64. The van der Waals surface area contributed by atoms with Crippen molar-refractivity contribution >= 4 is 22.7 Å². The Morgan fingerprint density at radius 1 is 0.757 bits per heavy atom. The number of ether oxygens (including phenoxy) is 3. The number of carbonyl (C=O) groups excluding carboxylic acids is 2. The van der Waals surface area contributed by atoms with Gasteiger partial charge in [-0.3, -0.25) is 4.79 Å². The zero-order valence-electron chi connectivity index (χ0n) is 20.7. The summed E-state index contributed by atoms with van der Waals surface area (Å²) in [5.74, 6) is 0.0897. The van der Waals surface area contributed by atoms with E-state index in [0.717, 1.165) is 33.2 Å². The minimum Gasteiger partial charge on any atom is -0.490 e. The van der Waals surface area contributed by atoms with Crippen LogP contribution >= 0.6 is 0 Å².